The van der Waals surface area contributed by atoms with Crippen LogP contribution in [0.5, 0.6) is 0 Å². The zero-order chi connectivity index (χ0) is 21.5. The molecule has 4 nitrogen and oxygen atoms in total. The summed E-state index contributed by atoms with van der Waals surface area (Å²) < 4.78 is 0. The maximum atomic E-state index is 13.6. The Kier molecular flexibility index (Phi) is 3.48. The lowest BCUT2D eigenvalue weighted by Crippen LogP contribution is -2.69. The number of aliphatic hydroxyl groups excluding tert-OH is 1. The summed E-state index contributed by atoms with van der Waals surface area (Å²) in [5, 5.41) is 11.2. The largest absolute Gasteiger partial charge is 0.392 e. The Balaban J connectivity index is 1.75. The number of rotatable bonds is 2. The van der Waals surface area contributed by atoms with Gasteiger partial charge < -0.3 is 5.11 Å². The fourth-order valence-electron chi connectivity index (χ4n) is 7.67. The molecule has 4 aliphatic carbocycles. The highest BCUT2D eigenvalue weighted by molar-refractivity contribution is 6.17. The van der Waals surface area contributed by atoms with Crippen LogP contribution in [0.3, 0.4) is 0 Å². The van der Waals surface area contributed by atoms with E-state index in [1.165, 1.54) is 0 Å². The summed E-state index contributed by atoms with van der Waals surface area (Å²) in [7, 11) is 0. The van der Waals surface area contributed by atoms with Crippen LogP contribution < -0.4 is 0 Å². The molecule has 0 aromatic rings. The van der Waals surface area contributed by atoms with Gasteiger partial charge >= 0.3 is 0 Å². The van der Waals surface area contributed by atoms with Gasteiger partial charge in [0.2, 0.25) is 0 Å². The summed E-state index contributed by atoms with van der Waals surface area (Å²) in [6, 6.07) is 0. The average molecular weight is 389 g/mol. The second kappa shape index (κ2) is 4.82. The first-order valence-electron chi connectivity index (χ1n) is 10.7. The minimum Gasteiger partial charge on any atom is -0.392 e. The van der Waals surface area contributed by atoms with Gasteiger partial charge in [-0.2, -0.15) is 0 Å². The average Bonchev–Trinajstić information content (AvgIpc) is 3.07. The molecule has 1 N–H and O–H groups in total. The maximum absolute atomic E-state index is 13.6. The van der Waals surface area contributed by atoms with Crippen molar-refractivity contribution in [1.29, 1.82) is 0 Å². The van der Waals surface area contributed by atoms with Gasteiger partial charge in [0.1, 0.15) is 17.3 Å². The van der Waals surface area contributed by atoms with Crippen LogP contribution in [0.1, 0.15) is 75.2 Å². The summed E-state index contributed by atoms with van der Waals surface area (Å²) >= 11 is 0. The van der Waals surface area contributed by atoms with Crippen molar-refractivity contribution < 1.29 is 19.5 Å². The van der Waals surface area contributed by atoms with Crippen molar-refractivity contribution in [2.24, 2.45) is 50.2 Å². The van der Waals surface area contributed by atoms with Crippen LogP contribution >= 0.6 is 0 Å². The Morgan fingerprint density at radius 2 is 1.43 bits per heavy atom. The molecule has 5 atom stereocenters. The number of hydrogen-bond acceptors (Lipinski definition) is 4. The van der Waals surface area contributed by atoms with Crippen molar-refractivity contribution in [3.05, 3.63) is 0 Å². The van der Waals surface area contributed by atoms with E-state index in [0.717, 1.165) is 0 Å². The van der Waals surface area contributed by atoms with Gasteiger partial charge in [-0.05, 0) is 35.0 Å². The Bertz CT molecular complexity index is 797. The third-order valence-electron chi connectivity index (χ3n) is 9.33. The highest BCUT2D eigenvalue weighted by atomic mass is 16.3. The monoisotopic (exact) mass is 388 g/mol. The number of Topliss-reactive ketones (excluding diaryl/α,β-unsaturated/α-hetero) is 3. The van der Waals surface area contributed by atoms with E-state index < -0.39 is 27.8 Å². The van der Waals surface area contributed by atoms with Crippen molar-refractivity contribution >= 4 is 17.3 Å². The van der Waals surface area contributed by atoms with Gasteiger partial charge in [0.25, 0.3) is 0 Å². The lowest BCUT2D eigenvalue weighted by molar-refractivity contribution is -0.197. The summed E-state index contributed by atoms with van der Waals surface area (Å²) in [6.07, 6.45) is -0.496. The lowest BCUT2D eigenvalue weighted by atomic mass is 9.39. The number of aliphatic hydroxyl groups is 1. The maximum Gasteiger partial charge on any atom is 0.150 e. The normalized spacial score (nSPS) is 47.1. The number of hydrogen-bond donors (Lipinski definition) is 1. The predicted molar refractivity (Wildman–Crippen MR) is 106 cm³/mol. The molecular weight excluding hydrogens is 352 g/mol. The van der Waals surface area contributed by atoms with Gasteiger partial charge in [-0.15, -0.1) is 0 Å². The second-order valence-corrected chi connectivity index (χ2v) is 13.2. The summed E-state index contributed by atoms with van der Waals surface area (Å²) in [5.41, 5.74) is -3.43. The molecule has 0 aliphatic heterocycles. The Labute approximate surface area is 168 Å². The van der Waals surface area contributed by atoms with E-state index in [1.807, 2.05) is 41.5 Å². The van der Waals surface area contributed by atoms with Crippen molar-refractivity contribution in [3.8, 4) is 0 Å². The van der Waals surface area contributed by atoms with E-state index in [1.54, 1.807) is 0 Å². The standard InChI is InChI=1S/C24H36O4/c1-19(2,3)17(27)24(18(28)20(4,5)6)10-23(11-24)15(25)13-12-14(16(23)26)22(12,9)21(13,7)8/h12-14,17,27H,10-11H2,1-9H3/t12?,13?,14?,17?,22-,23?,24?/m1/s1. The number of carbonyl (C=O) groups is 3. The predicted octanol–water partition coefficient (Wildman–Crippen LogP) is 3.84. The van der Waals surface area contributed by atoms with Gasteiger partial charge in [0.15, 0.2) is 0 Å². The smallest absolute Gasteiger partial charge is 0.150 e. The molecule has 4 aliphatic rings. The fraction of sp³-hybridized carbons (Fsp3) is 0.875. The first-order valence-corrected chi connectivity index (χ1v) is 10.7. The quantitative estimate of drug-likeness (QED) is 0.730. The van der Waals surface area contributed by atoms with E-state index in [9.17, 15) is 19.5 Å². The van der Waals surface area contributed by atoms with Crippen LogP contribution in [0.2, 0.25) is 0 Å². The van der Waals surface area contributed by atoms with Gasteiger partial charge in [-0.3, -0.25) is 14.4 Å². The molecule has 0 bridgehead atoms. The van der Waals surface area contributed by atoms with Crippen LogP contribution in [0.4, 0.5) is 0 Å². The number of fused-ring (bicyclic) bond motifs is 1. The van der Waals surface area contributed by atoms with E-state index in [4.69, 9.17) is 0 Å². The van der Waals surface area contributed by atoms with E-state index >= 15 is 0 Å². The highest BCUT2D eigenvalue weighted by Gasteiger charge is 2.91. The molecule has 4 rings (SSSR count). The van der Waals surface area contributed by atoms with Crippen LogP contribution in [-0.4, -0.2) is 28.6 Å². The number of carbonyl (C=O) groups excluding carboxylic acids is 3. The molecule has 28 heavy (non-hydrogen) atoms. The Morgan fingerprint density at radius 3 is 1.86 bits per heavy atom. The van der Waals surface area contributed by atoms with E-state index in [-0.39, 0.29) is 58.8 Å². The molecule has 0 amide bonds. The molecule has 0 heterocycles. The molecule has 1 spiro atoms. The van der Waals surface area contributed by atoms with E-state index in [0.29, 0.717) is 0 Å². The highest BCUT2D eigenvalue weighted by Crippen LogP contribution is 2.88. The van der Waals surface area contributed by atoms with Crippen molar-refractivity contribution in [1.82, 2.24) is 0 Å². The zero-order valence-electron chi connectivity index (χ0n) is 18.9. The van der Waals surface area contributed by atoms with Crippen LogP contribution in [-0.2, 0) is 14.4 Å². The van der Waals surface area contributed by atoms with Crippen molar-refractivity contribution in [3.63, 3.8) is 0 Å². The molecule has 156 valence electrons. The SMILES string of the molecule is CC(C)(C)C(=O)C1(C(O)C(C)(C)C)CC2(C1)C(=O)C1C3C(C2=O)[C@]3(C)C1(C)C. The van der Waals surface area contributed by atoms with E-state index in [2.05, 4.69) is 20.8 Å². The molecule has 4 heteroatoms. The molecule has 4 unspecified atom stereocenters. The summed E-state index contributed by atoms with van der Waals surface area (Å²) in [4.78, 5) is 40.6. The summed E-state index contributed by atoms with van der Waals surface area (Å²) in [5.74, 6) is 0.176. The molecule has 4 fully saturated rings. The topological polar surface area (TPSA) is 71.4 Å². The minimum absolute atomic E-state index is 0.0237. The molecule has 0 radical (unpaired) electrons. The van der Waals surface area contributed by atoms with Crippen LogP contribution in [0.15, 0.2) is 0 Å². The van der Waals surface area contributed by atoms with Crippen LogP contribution in [0, 0.1) is 50.2 Å². The van der Waals surface area contributed by atoms with Gasteiger partial charge in [0.05, 0.1) is 16.9 Å². The minimum atomic E-state index is -1.05. The summed E-state index contributed by atoms with van der Waals surface area (Å²) in [6.45, 7) is 17.7. The Morgan fingerprint density at radius 1 is 0.964 bits per heavy atom. The first kappa shape index (κ1) is 20.3. The van der Waals surface area contributed by atoms with Crippen molar-refractivity contribution in [2.75, 3.05) is 0 Å². The van der Waals surface area contributed by atoms with Crippen LogP contribution in [0.25, 0.3) is 0 Å². The first-order chi connectivity index (χ1) is 12.4. The second-order valence-electron chi connectivity index (χ2n) is 13.2. The third-order valence-corrected chi connectivity index (χ3v) is 9.33. The molecule has 0 saturated heterocycles. The van der Waals surface area contributed by atoms with Gasteiger partial charge in [0, 0.05) is 17.3 Å². The lowest BCUT2D eigenvalue weighted by Gasteiger charge is -2.61. The molecular formula is C24H36O4. The fourth-order valence-corrected chi connectivity index (χ4v) is 7.67. The third kappa shape index (κ3) is 1.85. The molecule has 4 saturated carbocycles. The van der Waals surface area contributed by atoms with Gasteiger partial charge in [-0.1, -0.05) is 62.3 Å². The Hall–Kier alpha value is -1.03. The molecule has 0 aromatic heterocycles. The van der Waals surface area contributed by atoms with Gasteiger partial charge in [-0.25, -0.2) is 0 Å². The number of ketones is 3. The molecule has 0 aromatic carbocycles. The zero-order valence-corrected chi connectivity index (χ0v) is 18.9. The van der Waals surface area contributed by atoms with Crippen molar-refractivity contribution in [2.45, 2.75) is 81.3 Å².